The average Bonchev–Trinajstić information content (AvgIpc) is 2.54. The van der Waals surface area contributed by atoms with Gasteiger partial charge in [0.2, 0.25) is 0 Å². The van der Waals surface area contributed by atoms with Gasteiger partial charge in [0.1, 0.15) is 0 Å². The summed E-state index contributed by atoms with van der Waals surface area (Å²) in [4.78, 5) is 2.47. The standard InChI is InChI=1S/C19H26N2/c1-20-13-14-21(2)19(15-17-9-5-3-6-10-17)16-18-11-7-4-8-12-18/h3-12,19-20H,13-16H2,1-2H3. The van der Waals surface area contributed by atoms with Crippen molar-refractivity contribution in [1.29, 1.82) is 0 Å². The van der Waals surface area contributed by atoms with Crippen molar-refractivity contribution in [2.45, 2.75) is 18.9 Å². The summed E-state index contributed by atoms with van der Waals surface area (Å²) < 4.78 is 0. The second kappa shape index (κ2) is 8.60. The maximum absolute atomic E-state index is 3.24. The van der Waals surface area contributed by atoms with E-state index in [9.17, 15) is 0 Å². The topological polar surface area (TPSA) is 15.3 Å². The van der Waals surface area contributed by atoms with E-state index >= 15 is 0 Å². The molecule has 0 radical (unpaired) electrons. The molecule has 0 saturated heterocycles. The number of hydrogen-bond donors (Lipinski definition) is 1. The average molecular weight is 282 g/mol. The minimum atomic E-state index is 0.531. The molecule has 0 aliphatic rings. The minimum absolute atomic E-state index is 0.531. The molecule has 2 rings (SSSR count). The van der Waals surface area contributed by atoms with E-state index in [0.717, 1.165) is 25.9 Å². The summed E-state index contributed by atoms with van der Waals surface area (Å²) in [5, 5.41) is 3.24. The van der Waals surface area contributed by atoms with Crippen LogP contribution in [0.3, 0.4) is 0 Å². The van der Waals surface area contributed by atoms with Gasteiger partial charge in [0, 0.05) is 19.1 Å². The van der Waals surface area contributed by atoms with Crippen molar-refractivity contribution in [2.75, 3.05) is 27.2 Å². The predicted molar refractivity (Wildman–Crippen MR) is 90.6 cm³/mol. The number of rotatable bonds is 8. The van der Waals surface area contributed by atoms with Crippen molar-refractivity contribution in [3.8, 4) is 0 Å². The molecule has 0 aromatic heterocycles. The quantitative estimate of drug-likeness (QED) is 0.801. The van der Waals surface area contributed by atoms with Gasteiger partial charge < -0.3 is 10.2 Å². The minimum Gasteiger partial charge on any atom is -0.318 e. The number of nitrogens with zero attached hydrogens (tertiary/aromatic N) is 1. The highest BCUT2D eigenvalue weighted by Gasteiger charge is 2.15. The van der Waals surface area contributed by atoms with Crippen molar-refractivity contribution >= 4 is 0 Å². The van der Waals surface area contributed by atoms with Gasteiger partial charge in [-0.25, -0.2) is 0 Å². The molecular formula is C19H26N2. The van der Waals surface area contributed by atoms with Crippen LogP contribution in [0, 0.1) is 0 Å². The second-order valence-electron chi connectivity index (χ2n) is 5.62. The van der Waals surface area contributed by atoms with Crippen molar-refractivity contribution in [3.05, 3.63) is 71.8 Å². The van der Waals surface area contributed by atoms with E-state index in [1.54, 1.807) is 0 Å². The van der Waals surface area contributed by atoms with Crippen LogP contribution < -0.4 is 5.32 Å². The predicted octanol–water partition coefficient (Wildman–Crippen LogP) is 2.99. The summed E-state index contributed by atoms with van der Waals surface area (Å²) in [5.41, 5.74) is 2.82. The number of hydrogen-bond acceptors (Lipinski definition) is 2. The van der Waals surface area contributed by atoms with Gasteiger partial charge in [0.05, 0.1) is 0 Å². The van der Waals surface area contributed by atoms with Gasteiger partial charge in [-0.2, -0.15) is 0 Å². The Kier molecular flexibility index (Phi) is 6.45. The zero-order valence-corrected chi connectivity index (χ0v) is 13.1. The van der Waals surface area contributed by atoms with E-state index in [1.807, 2.05) is 7.05 Å². The largest absolute Gasteiger partial charge is 0.318 e. The molecule has 0 aliphatic carbocycles. The Morgan fingerprint density at radius 3 is 1.76 bits per heavy atom. The van der Waals surface area contributed by atoms with Gasteiger partial charge in [-0.05, 0) is 38.1 Å². The van der Waals surface area contributed by atoms with E-state index in [1.165, 1.54) is 11.1 Å². The van der Waals surface area contributed by atoms with Crippen molar-refractivity contribution < 1.29 is 0 Å². The third kappa shape index (κ3) is 5.33. The lowest BCUT2D eigenvalue weighted by Crippen LogP contribution is -2.39. The molecule has 21 heavy (non-hydrogen) atoms. The molecule has 0 unspecified atom stereocenters. The van der Waals surface area contributed by atoms with Crippen LogP contribution >= 0.6 is 0 Å². The highest BCUT2D eigenvalue weighted by atomic mass is 15.1. The monoisotopic (exact) mass is 282 g/mol. The van der Waals surface area contributed by atoms with Gasteiger partial charge >= 0.3 is 0 Å². The van der Waals surface area contributed by atoms with Crippen LogP contribution in [-0.2, 0) is 12.8 Å². The van der Waals surface area contributed by atoms with Crippen molar-refractivity contribution in [2.24, 2.45) is 0 Å². The number of nitrogens with one attached hydrogen (secondary N) is 1. The number of benzene rings is 2. The summed E-state index contributed by atoms with van der Waals surface area (Å²) in [6, 6.07) is 22.1. The molecule has 0 spiro atoms. The fraction of sp³-hybridized carbons (Fsp3) is 0.368. The zero-order valence-electron chi connectivity index (χ0n) is 13.1. The smallest absolute Gasteiger partial charge is 0.0173 e. The zero-order chi connectivity index (χ0) is 14.9. The first-order valence-electron chi connectivity index (χ1n) is 7.72. The van der Waals surface area contributed by atoms with Gasteiger partial charge in [-0.3, -0.25) is 0 Å². The Balaban J connectivity index is 2.06. The Bertz CT molecular complexity index is 454. The van der Waals surface area contributed by atoms with Crippen LogP contribution in [0.2, 0.25) is 0 Å². The van der Waals surface area contributed by atoms with Crippen LogP contribution in [0.4, 0.5) is 0 Å². The fourth-order valence-electron chi connectivity index (χ4n) is 2.63. The molecule has 0 bridgehead atoms. The molecule has 2 aromatic rings. The lowest BCUT2D eigenvalue weighted by atomic mass is 9.98. The van der Waals surface area contributed by atoms with Crippen LogP contribution in [0.1, 0.15) is 11.1 Å². The third-order valence-electron chi connectivity index (χ3n) is 3.97. The Hall–Kier alpha value is -1.64. The summed E-state index contributed by atoms with van der Waals surface area (Å²) in [6.45, 7) is 2.09. The lowest BCUT2D eigenvalue weighted by Gasteiger charge is -2.28. The first-order chi connectivity index (χ1) is 10.3. The highest BCUT2D eigenvalue weighted by Crippen LogP contribution is 2.13. The Morgan fingerprint density at radius 1 is 0.857 bits per heavy atom. The summed E-state index contributed by atoms with van der Waals surface area (Å²) in [6.07, 6.45) is 2.19. The Morgan fingerprint density at radius 2 is 1.33 bits per heavy atom. The third-order valence-corrected chi connectivity index (χ3v) is 3.97. The highest BCUT2D eigenvalue weighted by molar-refractivity contribution is 5.19. The van der Waals surface area contributed by atoms with E-state index < -0.39 is 0 Å². The van der Waals surface area contributed by atoms with E-state index in [2.05, 4.69) is 77.9 Å². The molecule has 0 atom stereocenters. The normalized spacial score (nSPS) is 11.2. The summed E-state index contributed by atoms with van der Waals surface area (Å²) >= 11 is 0. The van der Waals surface area contributed by atoms with Crippen molar-refractivity contribution in [3.63, 3.8) is 0 Å². The van der Waals surface area contributed by atoms with Crippen LogP contribution in [-0.4, -0.2) is 38.1 Å². The molecule has 0 amide bonds. The molecule has 2 nitrogen and oxygen atoms in total. The molecule has 112 valence electrons. The summed E-state index contributed by atoms with van der Waals surface area (Å²) in [7, 11) is 4.24. The molecule has 2 aromatic carbocycles. The Labute approximate surface area is 128 Å². The van der Waals surface area contributed by atoms with Crippen LogP contribution in [0.25, 0.3) is 0 Å². The van der Waals surface area contributed by atoms with E-state index in [4.69, 9.17) is 0 Å². The number of likely N-dealkylation sites (N-methyl/N-ethyl adjacent to an activating group) is 2. The maximum Gasteiger partial charge on any atom is 0.0173 e. The van der Waals surface area contributed by atoms with Gasteiger partial charge in [0.15, 0.2) is 0 Å². The van der Waals surface area contributed by atoms with Crippen LogP contribution in [0.15, 0.2) is 60.7 Å². The SMILES string of the molecule is CNCCN(C)C(Cc1ccccc1)Cc1ccccc1. The van der Waals surface area contributed by atoms with E-state index in [-0.39, 0.29) is 0 Å². The van der Waals surface area contributed by atoms with Crippen LogP contribution in [0.5, 0.6) is 0 Å². The second-order valence-corrected chi connectivity index (χ2v) is 5.62. The molecule has 0 saturated carbocycles. The van der Waals surface area contributed by atoms with Gasteiger partial charge in [-0.15, -0.1) is 0 Å². The van der Waals surface area contributed by atoms with Gasteiger partial charge in [-0.1, -0.05) is 60.7 Å². The lowest BCUT2D eigenvalue weighted by molar-refractivity contribution is 0.240. The molecule has 2 heteroatoms. The molecule has 0 fully saturated rings. The fourth-order valence-corrected chi connectivity index (χ4v) is 2.63. The molecule has 0 aliphatic heterocycles. The van der Waals surface area contributed by atoms with Crippen molar-refractivity contribution in [1.82, 2.24) is 10.2 Å². The summed E-state index contributed by atoms with van der Waals surface area (Å²) in [5.74, 6) is 0. The van der Waals surface area contributed by atoms with Gasteiger partial charge in [0.25, 0.3) is 0 Å². The molecule has 0 heterocycles. The maximum atomic E-state index is 3.24. The van der Waals surface area contributed by atoms with E-state index in [0.29, 0.717) is 6.04 Å². The molecular weight excluding hydrogens is 256 g/mol. The first-order valence-corrected chi connectivity index (χ1v) is 7.72. The molecule has 1 N–H and O–H groups in total. The first kappa shape index (κ1) is 15.7.